The van der Waals surface area contributed by atoms with Gasteiger partial charge < -0.3 is 19.7 Å². The molecule has 0 bridgehead atoms. The lowest BCUT2D eigenvalue weighted by molar-refractivity contribution is -0.142. The van der Waals surface area contributed by atoms with Crippen molar-refractivity contribution in [2.24, 2.45) is 0 Å². The van der Waals surface area contributed by atoms with E-state index in [-0.39, 0.29) is 12.6 Å². The summed E-state index contributed by atoms with van der Waals surface area (Å²) in [7, 11) is 1.36. The van der Waals surface area contributed by atoms with Crippen LogP contribution < -0.4 is 15.0 Å². The summed E-state index contributed by atoms with van der Waals surface area (Å²) in [6.45, 7) is 3.81. The molecule has 5 nitrogen and oxygen atoms in total. The van der Waals surface area contributed by atoms with Crippen LogP contribution in [0.25, 0.3) is 10.4 Å². The molecular weight excluding hydrogens is 312 g/mol. The van der Waals surface area contributed by atoms with Crippen molar-refractivity contribution in [3.63, 3.8) is 0 Å². The van der Waals surface area contributed by atoms with E-state index in [9.17, 15) is 4.79 Å². The predicted molar refractivity (Wildman–Crippen MR) is 92.3 cm³/mol. The Hall–Kier alpha value is -2.05. The summed E-state index contributed by atoms with van der Waals surface area (Å²) in [5.74, 6) is 0.337. The molecule has 0 radical (unpaired) electrons. The Morgan fingerprint density at radius 2 is 2.13 bits per heavy atom. The van der Waals surface area contributed by atoms with Gasteiger partial charge in [0.25, 0.3) is 0 Å². The van der Waals surface area contributed by atoms with E-state index in [1.165, 1.54) is 7.11 Å². The van der Waals surface area contributed by atoms with Gasteiger partial charge >= 0.3 is 5.97 Å². The van der Waals surface area contributed by atoms with Gasteiger partial charge in [-0.25, -0.2) is 4.79 Å². The molecule has 2 heterocycles. The summed E-state index contributed by atoms with van der Waals surface area (Å²) >= 11 is 1.65. The topological polar surface area (TPSA) is 50.8 Å². The molecule has 6 heteroatoms. The van der Waals surface area contributed by atoms with Gasteiger partial charge in [-0.3, -0.25) is 0 Å². The minimum atomic E-state index is -0.380. The van der Waals surface area contributed by atoms with Crippen molar-refractivity contribution in [3.8, 4) is 16.2 Å². The summed E-state index contributed by atoms with van der Waals surface area (Å²) in [5, 5.41) is 5.38. The number of carbonyl (C=O) groups is 1. The molecule has 0 aliphatic carbocycles. The van der Waals surface area contributed by atoms with E-state index in [4.69, 9.17) is 4.74 Å². The minimum absolute atomic E-state index is 0.0834. The van der Waals surface area contributed by atoms with Gasteiger partial charge in [-0.2, -0.15) is 0 Å². The third-order valence-corrected chi connectivity index (χ3v) is 4.71. The highest BCUT2D eigenvalue weighted by Gasteiger charge is 2.15. The maximum atomic E-state index is 11.4. The van der Waals surface area contributed by atoms with Crippen molar-refractivity contribution in [2.45, 2.75) is 0 Å². The third-order valence-electron chi connectivity index (χ3n) is 3.81. The van der Waals surface area contributed by atoms with Crippen LogP contribution in [0.1, 0.15) is 0 Å². The molecule has 1 fully saturated rings. The number of methoxy groups -OCH3 is 1. The lowest BCUT2D eigenvalue weighted by Gasteiger charge is -2.30. The van der Waals surface area contributed by atoms with Crippen LogP contribution in [0.2, 0.25) is 0 Å². The molecule has 2 aromatic rings. The molecule has 0 unspecified atom stereocenters. The Morgan fingerprint density at radius 1 is 1.30 bits per heavy atom. The van der Waals surface area contributed by atoms with E-state index in [1.807, 2.05) is 17.5 Å². The number of nitrogens with one attached hydrogen (secondary N) is 1. The number of hydrogen-bond donors (Lipinski definition) is 1. The van der Waals surface area contributed by atoms with E-state index < -0.39 is 0 Å². The third kappa shape index (κ3) is 3.83. The predicted octanol–water partition coefficient (Wildman–Crippen LogP) is 2.38. The highest BCUT2D eigenvalue weighted by molar-refractivity contribution is 7.13. The van der Waals surface area contributed by atoms with Crippen molar-refractivity contribution in [1.29, 1.82) is 0 Å². The van der Waals surface area contributed by atoms with Crippen LogP contribution in [0.4, 0.5) is 5.69 Å². The quantitative estimate of drug-likeness (QED) is 0.852. The van der Waals surface area contributed by atoms with Crippen molar-refractivity contribution in [2.75, 3.05) is 44.8 Å². The summed E-state index contributed by atoms with van der Waals surface area (Å²) in [4.78, 5) is 14.8. The van der Waals surface area contributed by atoms with Gasteiger partial charge in [-0.1, -0.05) is 6.07 Å². The molecule has 122 valence electrons. The highest BCUT2D eigenvalue weighted by Crippen LogP contribution is 2.36. The molecule has 0 saturated carbocycles. The highest BCUT2D eigenvalue weighted by atomic mass is 32.1. The van der Waals surface area contributed by atoms with Crippen LogP contribution in [0, 0.1) is 0 Å². The number of ether oxygens (including phenoxy) is 2. The SMILES string of the molecule is COC(=O)COc1cc(N2CCNCC2)ccc1-c1cccs1. The monoisotopic (exact) mass is 332 g/mol. The molecule has 1 aliphatic rings. The van der Waals surface area contributed by atoms with Crippen LogP contribution in [0.5, 0.6) is 5.75 Å². The lowest BCUT2D eigenvalue weighted by atomic mass is 10.1. The van der Waals surface area contributed by atoms with E-state index in [0.29, 0.717) is 5.75 Å². The zero-order valence-corrected chi connectivity index (χ0v) is 13.9. The van der Waals surface area contributed by atoms with Crippen molar-refractivity contribution in [1.82, 2.24) is 5.32 Å². The molecule has 1 aromatic carbocycles. The van der Waals surface area contributed by atoms with Gasteiger partial charge in [0.05, 0.1) is 7.11 Å². The normalized spacial score (nSPS) is 14.6. The number of benzene rings is 1. The fourth-order valence-electron chi connectivity index (χ4n) is 2.58. The van der Waals surface area contributed by atoms with Crippen molar-refractivity contribution < 1.29 is 14.3 Å². The maximum Gasteiger partial charge on any atom is 0.343 e. The summed E-state index contributed by atoms with van der Waals surface area (Å²) in [5.41, 5.74) is 2.12. The van der Waals surface area contributed by atoms with Gasteiger partial charge in [0.1, 0.15) is 5.75 Å². The van der Waals surface area contributed by atoms with Gasteiger partial charge in [0, 0.05) is 48.4 Å². The Kier molecular flexibility index (Phi) is 5.15. The first-order chi connectivity index (χ1) is 11.3. The second kappa shape index (κ2) is 7.48. The molecule has 1 aliphatic heterocycles. The van der Waals surface area contributed by atoms with Crippen LogP contribution >= 0.6 is 11.3 Å². The average molecular weight is 332 g/mol. The number of nitrogens with zero attached hydrogens (tertiary/aromatic N) is 1. The minimum Gasteiger partial charge on any atom is -0.481 e. The Balaban J connectivity index is 1.88. The molecule has 3 rings (SSSR count). The van der Waals surface area contributed by atoms with Gasteiger partial charge in [-0.05, 0) is 23.6 Å². The number of anilines is 1. The second-order valence-electron chi connectivity index (χ2n) is 5.26. The smallest absolute Gasteiger partial charge is 0.343 e. The zero-order chi connectivity index (χ0) is 16.1. The molecule has 0 atom stereocenters. The van der Waals surface area contributed by atoms with E-state index >= 15 is 0 Å². The first kappa shape index (κ1) is 15.8. The molecule has 1 aromatic heterocycles. The molecule has 1 saturated heterocycles. The second-order valence-corrected chi connectivity index (χ2v) is 6.21. The summed E-state index contributed by atoms with van der Waals surface area (Å²) < 4.78 is 10.4. The Labute approximate surface area is 139 Å². The Bertz CT molecular complexity index is 652. The fraction of sp³-hybridized carbons (Fsp3) is 0.353. The maximum absolute atomic E-state index is 11.4. The standard InChI is InChI=1S/C17H20N2O3S/c1-21-17(20)12-22-15-11-13(19-8-6-18-7-9-19)4-5-14(15)16-3-2-10-23-16/h2-5,10-11,18H,6-9,12H2,1H3. The van der Waals surface area contributed by atoms with Gasteiger partial charge in [0.15, 0.2) is 6.61 Å². The number of carbonyl (C=O) groups excluding carboxylic acids is 1. The summed E-state index contributed by atoms with van der Waals surface area (Å²) in [6, 6.07) is 10.3. The van der Waals surface area contributed by atoms with Crippen LogP contribution in [0.3, 0.4) is 0 Å². The number of thiophene rings is 1. The zero-order valence-electron chi connectivity index (χ0n) is 13.1. The number of rotatable bonds is 5. The van der Waals surface area contributed by atoms with Crippen molar-refractivity contribution >= 4 is 23.0 Å². The Morgan fingerprint density at radius 3 is 2.83 bits per heavy atom. The number of piperazine rings is 1. The number of esters is 1. The van der Waals surface area contributed by atoms with Gasteiger partial charge in [0.2, 0.25) is 0 Å². The van der Waals surface area contributed by atoms with Gasteiger partial charge in [-0.15, -0.1) is 11.3 Å². The molecular formula is C17H20N2O3S. The average Bonchev–Trinajstić information content (AvgIpc) is 3.14. The van der Waals surface area contributed by atoms with Crippen molar-refractivity contribution in [3.05, 3.63) is 35.7 Å². The first-order valence-electron chi connectivity index (χ1n) is 7.61. The van der Waals surface area contributed by atoms with E-state index in [1.54, 1.807) is 11.3 Å². The first-order valence-corrected chi connectivity index (χ1v) is 8.49. The molecule has 23 heavy (non-hydrogen) atoms. The van der Waals surface area contributed by atoms with Crippen LogP contribution in [-0.4, -0.2) is 45.9 Å². The lowest BCUT2D eigenvalue weighted by Crippen LogP contribution is -2.43. The molecule has 0 amide bonds. The molecule has 1 N–H and O–H groups in total. The summed E-state index contributed by atoms with van der Waals surface area (Å²) in [6.07, 6.45) is 0. The van der Waals surface area contributed by atoms with E-state index in [0.717, 1.165) is 42.3 Å². The molecule has 0 spiro atoms. The van der Waals surface area contributed by atoms with Crippen LogP contribution in [-0.2, 0) is 9.53 Å². The number of hydrogen-bond acceptors (Lipinski definition) is 6. The van der Waals surface area contributed by atoms with Crippen LogP contribution in [0.15, 0.2) is 35.7 Å². The van der Waals surface area contributed by atoms with E-state index in [2.05, 4.69) is 33.2 Å². The fourth-order valence-corrected chi connectivity index (χ4v) is 3.34. The largest absolute Gasteiger partial charge is 0.481 e.